The van der Waals surface area contributed by atoms with E-state index in [9.17, 15) is 18.7 Å². The first-order valence-corrected chi connectivity index (χ1v) is 11.9. The first-order chi connectivity index (χ1) is 17.2. The summed E-state index contributed by atoms with van der Waals surface area (Å²) < 4.78 is 34.3. The second kappa shape index (κ2) is 10.6. The number of aryl methyl sites for hydroxylation is 2. The lowest BCUT2D eigenvalue weighted by Crippen LogP contribution is -2.24. The van der Waals surface area contributed by atoms with Crippen molar-refractivity contribution in [1.82, 2.24) is 19.5 Å². The fourth-order valence-electron chi connectivity index (χ4n) is 3.61. The molecule has 1 N–H and O–H groups in total. The molecule has 186 valence electrons. The lowest BCUT2D eigenvalue weighted by molar-refractivity contribution is 0.269. The smallest absolute Gasteiger partial charge is 0.276 e. The van der Waals surface area contributed by atoms with Crippen LogP contribution in [-0.4, -0.2) is 31.2 Å². The van der Waals surface area contributed by atoms with E-state index < -0.39 is 17.2 Å². The van der Waals surface area contributed by atoms with Crippen molar-refractivity contribution in [3.63, 3.8) is 0 Å². The van der Waals surface area contributed by atoms with Crippen LogP contribution in [0.4, 0.5) is 8.78 Å². The highest BCUT2D eigenvalue weighted by molar-refractivity contribution is 9.10. The van der Waals surface area contributed by atoms with Crippen molar-refractivity contribution in [1.29, 1.82) is 0 Å². The molecule has 0 fully saturated rings. The van der Waals surface area contributed by atoms with Gasteiger partial charge in [0.2, 0.25) is 5.88 Å². The Kier molecular flexibility index (Phi) is 7.56. The van der Waals surface area contributed by atoms with E-state index >= 15 is 0 Å². The molecule has 2 heterocycles. The van der Waals surface area contributed by atoms with Crippen LogP contribution in [0.2, 0.25) is 0 Å². The number of benzene rings is 2. The van der Waals surface area contributed by atoms with Crippen molar-refractivity contribution >= 4 is 15.9 Å². The predicted molar refractivity (Wildman–Crippen MR) is 134 cm³/mol. The van der Waals surface area contributed by atoms with Gasteiger partial charge in [-0.3, -0.25) is 9.36 Å². The highest BCUT2D eigenvalue weighted by Gasteiger charge is 2.18. The zero-order valence-corrected chi connectivity index (χ0v) is 21.4. The summed E-state index contributed by atoms with van der Waals surface area (Å²) in [7, 11) is 0. The Balaban J connectivity index is 1.71. The van der Waals surface area contributed by atoms with Gasteiger partial charge in [0.1, 0.15) is 34.4 Å². The zero-order chi connectivity index (χ0) is 26.0. The fourth-order valence-corrected chi connectivity index (χ4v) is 3.99. The second-order valence-electron chi connectivity index (χ2n) is 8.33. The summed E-state index contributed by atoms with van der Waals surface area (Å²) in [6, 6.07) is 10.6. The molecule has 4 aromatic rings. The third kappa shape index (κ3) is 5.19. The van der Waals surface area contributed by atoms with Crippen molar-refractivity contribution < 1.29 is 18.6 Å². The third-order valence-corrected chi connectivity index (χ3v) is 6.36. The van der Waals surface area contributed by atoms with Crippen LogP contribution < -0.4 is 10.3 Å². The maximum atomic E-state index is 14.0. The summed E-state index contributed by atoms with van der Waals surface area (Å²) >= 11 is 3.27. The fraction of sp³-hybridized carbons (Fsp3) is 0.231. The number of rotatable bonds is 7. The standard InChI is InChI=1S/C26H23BrF2N4O3/c1-14-4-5-17(21-8-9-30-24(32-21)15(2)12-34)10-22(14)33-16(3)31-25(23(27)26(33)35)36-13-18-6-7-19(28)11-20(18)29/h4-11,15,34H,12-13H2,1-3H3. The lowest BCUT2D eigenvalue weighted by Gasteiger charge is -2.16. The molecule has 36 heavy (non-hydrogen) atoms. The SMILES string of the molecule is Cc1ccc(-c2ccnc(C(C)CO)n2)cc1-n1c(C)nc(OCc2ccc(F)cc2F)c(Br)c1=O. The first-order valence-electron chi connectivity index (χ1n) is 11.1. The van der Waals surface area contributed by atoms with Gasteiger partial charge in [0.15, 0.2) is 0 Å². The lowest BCUT2D eigenvalue weighted by atomic mass is 10.1. The number of hydrogen-bond donors (Lipinski definition) is 1. The monoisotopic (exact) mass is 556 g/mol. The minimum atomic E-state index is -0.745. The predicted octanol–water partition coefficient (Wildman–Crippen LogP) is 5.02. The van der Waals surface area contributed by atoms with Gasteiger partial charge < -0.3 is 9.84 Å². The highest BCUT2D eigenvalue weighted by Crippen LogP contribution is 2.27. The van der Waals surface area contributed by atoms with Crippen molar-refractivity contribution in [3.8, 4) is 22.8 Å². The van der Waals surface area contributed by atoms with Crippen LogP contribution in [0.1, 0.15) is 35.6 Å². The molecule has 2 aromatic heterocycles. The van der Waals surface area contributed by atoms with Crippen molar-refractivity contribution in [2.45, 2.75) is 33.3 Å². The molecule has 2 aromatic carbocycles. The topological polar surface area (TPSA) is 90.1 Å². The Morgan fingerprint density at radius 1 is 1.11 bits per heavy atom. The largest absolute Gasteiger partial charge is 0.472 e. The number of nitrogens with zero attached hydrogens (tertiary/aromatic N) is 4. The van der Waals surface area contributed by atoms with Crippen LogP contribution in [-0.2, 0) is 6.61 Å². The van der Waals surface area contributed by atoms with E-state index in [0.717, 1.165) is 23.3 Å². The van der Waals surface area contributed by atoms with E-state index in [2.05, 4.69) is 30.9 Å². The molecule has 1 atom stereocenters. The minimum Gasteiger partial charge on any atom is -0.472 e. The van der Waals surface area contributed by atoms with E-state index in [0.29, 0.717) is 23.0 Å². The normalized spacial score (nSPS) is 12.0. The Morgan fingerprint density at radius 3 is 2.61 bits per heavy atom. The van der Waals surface area contributed by atoms with Crippen LogP contribution in [0.5, 0.6) is 5.88 Å². The van der Waals surface area contributed by atoms with Crippen LogP contribution >= 0.6 is 15.9 Å². The van der Waals surface area contributed by atoms with Gasteiger partial charge in [0, 0.05) is 29.3 Å². The molecule has 0 bridgehead atoms. The molecular weight excluding hydrogens is 534 g/mol. The first kappa shape index (κ1) is 25.6. The van der Waals surface area contributed by atoms with E-state index in [4.69, 9.17) is 4.74 Å². The second-order valence-corrected chi connectivity index (χ2v) is 9.12. The molecule has 0 saturated carbocycles. The number of aliphatic hydroxyl groups is 1. The van der Waals surface area contributed by atoms with Crippen LogP contribution in [0.15, 0.2) is 57.9 Å². The molecule has 10 heteroatoms. The van der Waals surface area contributed by atoms with E-state index in [1.54, 1.807) is 19.2 Å². The zero-order valence-electron chi connectivity index (χ0n) is 19.8. The van der Waals surface area contributed by atoms with Gasteiger partial charge in [0.05, 0.1) is 18.0 Å². The Labute approximate surface area is 214 Å². The number of hydrogen-bond acceptors (Lipinski definition) is 6. The van der Waals surface area contributed by atoms with Gasteiger partial charge in [-0.1, -0.05) is 19.1 Å². The van der Waals surface area contributed by atoms with Gasteiger partial charge in [-0.05, 0) is 59.6 Å². The van der Waals surface area contributed by atoms with Crippen LogP contribution in [0.3, 0.4) is 0 Å². The Morgan fingerprint density at radius 2 is 1.89 bits per heavy atom. The van der Waals surface area contributed by atoms with Crippen molar-refractivity contribution in [2.24, 2.45) is 0 Å². The molecule has 0 radical (unpaired) electrons. The Bertz CT molecular complexity index is 1490. The van der Waals surface area contributed by atoms with Crippen LogP contribution in [0, 0.1) is 25.5 Å². The van der Waals surface area contributed by atoms with Gasteiger partial charge in [-0.15, -0.1) is 0 Å². The average molecular weight is 557 g/mol. The van der Waals surface area contributed by atoms with Gasteiger partial charge in [-0.25, -0.2) is 18.7 Å². The molecule has 0 amide bonds. The van der Waals surface area contributed by atoms with Crippen molar-refractivity contribution in [3.05, 3.63) is 97.9 Å². The third-order valence-electron chi connectivity index (χ3n) is 5.68. The molecule has 0 spiro atoms. The van der Waals surface area contributed by atoms with Gasteiger partial charge in [-0.2, -0.15) is 4.98 Å². The Hall–Kier alpha value is -3.50. The number of aliphatic hydroxyl groups excluding tert-OH is 1. The van der Waals surface area contributed by atoms with E-state index in [1.165, 1.54) is 10.6 Å². The summed E-state index contributed by atoms with van der Waals surface area (Å²) in [4.78, 5) is 26.5. The quantitative estimate of drug-likeness (QED) is 0.343. The van der Waals surface area contributed by atoms with Gasteiger partial charge in [0.25, 0.3) is 5.56 Å². The number of ether oxygens (including phenoxy) is 1. The molecule has 0 saturated heterocycles. The molecule has 4 rings (SSSR count). The van der Waals surface area contributed by atoms with Crippen LogP contribution in [0.25, 0.3) is 16.9 Å². The minimum absolute atomic E-state index is 0.00437. The highest BCUT2D eigenvalue weighted by atomic mass is 79.9. The number of aromatic nitrogens is 4. The molecule has 0 aliphatic carbocycles. The summed E-state index contributed by atoms with van der Waals surface area (Å²) in [6.45, 7) is 5.08. The molecule has 7 nitrogen and oxygen atoms in total. The molecule has 0 aliphatic rings. The molecular formula is C26H23BrF2N4O3. The van der Waals surface area contributed by atoms with E-state index in [1.807, 2.05) is 32.0 Å². The summed E-state index contributed by atoms with van der Waals surface area (Å²) in [5.41, 5.74) is 2.58. The summed E-state index contributed by atoms with van der Waals surface area (Å²) in [5, 5.41) is 9.44. The number of halogens is 3. The summed E-state index contributed by atoms with van der Waals surface area (Å²) in [5.74, 6) is -0.762. The average Bonchev–Trinajstić information content (AvgIpc) is 2.87. The molecule has 0 aliphatic heterocycles. The van der Waals surface area contributed by atoms with Gasteiger partial charge >= 0.3 is 0 Å². The van der Waals surface area contributed by atoms with Crippen molar-refractivity contribution in [2.75, 3.05) is 6.61 Å². The maximum Gasteiger partial charge on any atom is 0.276 e. The molecule has 1 unspecified atom stereocenters. The van der Waals surface area contributed by atoms with E-state index in [-0.39, 0.29) is 35.0 Å². The summed E-state index contributed by atoms with van der Waals surface area (Å²) in [6.07, 6.45) is 1.63. The maximum absolute atomic E-state index is 14.0.